The Labute approximate surface area is 132 Å². The third-order valence-electron chi connectivity index (χ3n) is 3.80. The largest absolute Gasteiger partial charge is 0.296 e. The molecule has 21 heavy (non-hydrogen) atoms. The molecule has 2 aromatic heterocycles. The van der Waals surface area contributed by atoms with Crippen molar-refractivity contribution < 1.29 is 4.79 Å². The summed E-state index contributed by atoms with van der Waals surface area (Å²) in [6.45, 7) is 4.39. The van der Waals surface area contributed by atoms with E-state index in [2.05, 4.69) is 29.4 Å². The van der Waals surface area contributed by atoms with Gasteiger partial charge in [0.25, 0.3) is 5.91 Å². The number of rotatable bonds is 4. The summed E-state index contributed by atoms with van der Waals surface area (Å²) in [5.74, 6) is 0.688. The number of carbonyl (C=O) groups excluding carboxylic acids is 1. The van der Waals surface area contributed by atoms with Crippen molar-refractivity contribution >= 4 is 33.7 Å². The highest BCUT2D eigenvalue weighted by molar-refractivity contribution is 7.15. The van der Waals surface area contributed by atoms with Crippen LogP contribution in [0.4, 0.5) is 5.13 Å². The predicted molar refractivity (Wildman–Crippen MR) is 87.4 cm³/mol. The minimum atomic E-state index is -0.0405. The van der Waals surface area contributed by atoms with Gasteiger partial charge in [0.1, 0.15) is 5.01 Å². The smallest absolute Gasteiger partial charge is 0.258 e. The van der Waals surface area contributed by atoms with E-state index in [1.54, 1.807) is 11.3 Å². The lowest BCUT2D eigenvalue weighted by Gasteiger charge is -2.18. The molecule has 0 spiro atoms. The number of carbonyl (C=O) groups is 1. The highest BCUT2D eigenvalue weighted by atomic mass is 32.1. The van der Waals surface area contributed by atoms with Crippen LogP contribution in [-0.4, -0.2) is 16.1 Å². The molecule has 0 saturated heterocycles. The molecule has 1 amide bonds. The average Bonchev–Trinajstić information content (AvgIpc) is 3.05. The fourth-order valence-electron chi connectivity index (χ4n) is 2.65. The summed E-state index contributed by atoms with van der Waals surface area (Å²) in [5.41, 5.74) is 2.07. The Kier molecular flexibility index (Phi) is 4.35. The summed E-state index contributed by atoms with van der Waals surface area (Å²) in [6.07, 6.45) is 5.24. The van der Waals surface area contributed by atoms with Crippen molar-refractivity contribution in [3.63, 3.8) is 0 Å². The first-order valence-corrected chi connectivity index (χ1v) is 9.10. The normalized spacial score (nSPS) is 17.5. The van der Waals surface area contributed by atoms with Crippen LogP contribution in [0.3, 0.4) is 0 Å². The zero-order valence-corrected chi connectivity index (χ0v) is 13.9. The molecule has 0 saturated carbocycles. The third kappa shape index (κ3) is 3.16. The van der Waals surface area contributed by atoms with E-state index in [4.69, 9.17) is 0 Å². The number of aryl methyl sites for hydroxylation is 1. The van der Waals surface area contributed by atoms with Gasteiger partial charge in [-0.05, 0) is 37.2 Å². The van der Waals surface area contributed by atoms with E-state index in [0.717, 1.165) is 42.2 Å². The minimum Gasteiger partial charge on any atom is -0.296 e. The Balaban J connectivity index is 1.73. The number of hydrogen-bond acceptors (Lipinski definition) is 5. The van der Waals surface area contributed by atoms with Crippen LogP contribution < -0.4 is 5.32 Å². The van der Waals surface area contributed by atoms with Crippen LogP contribution in [-0.2, 0) is 19.3 Å². The van der Waals surface area contributed by atoms with Gasteiger partial charge in [0.15, 0.2) is 0 Å². The number of hydrogen-bond donors (Lipinski definition) is 1. The Hall–Kier alpha value is -1.27. The molecule has 2 heterocycles. The lowest BCUT2D eigenvalue weighted by atomic mass is 9.88. The molecular weight excluding hydrogens is 302 g/mol. The maximum Gasteiger partial charge on any atom is 0.258 e. The van der Waals surface area contributed by atoms with Crippen molar-refractivity contribution in [2.24, 2.45) is 5.92 Å². The summed E-state index contributed by atoms with van der Waals surface area (Å²) < 4.78 is 0. The summed E-state index contributed by atoms with van der Waals surface area (Å²) in [6, 6.07) is 0. The van der Waals surface area contributed by atoms with Gasteiger partial charge in [-0.1, -0.05) is 25.2 Å². The van der Waals surface area contributed by atoms with Crippen LogP contribution in [0.15, 0.2) is 5.38 Å². The molecule has 1 aliphatic rings. The first-order valence-electron chi connectivity index (χ1n) is 7.40. The van der Waals surface area contributed by atoms with Gasteiger partial charge < -0.3 is 0 Å². The fourth-order valence-corrected chi connectivity index (χ4v) is 4.73. The number of aromatic nitrogens is 2. The van der Waals surface area contributed by atoms with Crippen LogP contribution in [0.2, 0.25) is 0 Å². The van der Waals surface area contributed by atoms with Crippen molar-refractivity contribution in [3.8, 4) is 0 Å². The lowest BCUT2D eigenvalue weighted by Crippen LogP contribution is -2.16. The topological polar surface area (TPSA) is 54.9 Å². The van der Waals surface area contributed by atoms with Crippen molar-refractivity contribution in [1.82, 2.24) is 10.2 Å². The highest BCUT2D eigenvalue weighted by Crippen LogP contribution is 2.33. The molecule has 0 radical (unpaired) electrons. The van der Waals surface area contributed by atoms with Crippen molar-refractivity contribution in [3.05, 3.63) is 26.4 Å². The van der Waals surface area contributed by atoms with Gasteiger partial charge in [-0.15, -0.1) is 21.5 Å². The monoisotopic (exact) mass is 321 g/mol. The predicted octanol–water partition coefficient (Wildman–Crippen LogP) is 3.93. The van der Waals surface area contributed by atoms with E-state index in [-0.39, 0.29) is 5.91 Å². The Morgan fingerprint density at radius 1 is 1.48 bits per heavy atom. The molecule has 112 valence electrons. The second kappa shape index (κ2) is 6.23. The molecular formula is C15H19N3OS2. The second-order valence-electron chi connectivity index (χ2n) is 5.60. The molecule has 1 atom stereocenters. The molecule has 4 nitrogen and oxygen atoms in total. The maximum atomic E-state index is 12.4. The van der Waals surface area contributed by atoms with Crippen molar-refractivity contribution in [2.75, 3.05) is 5.32 Å². The Bertz CT molecular complexity index is 647. The summed E-state index contributed by atoms with van der Waals surface area (Å²) in [5, 5.41) is 14.6. The number of nitrogens with one attached hydrogen (secondary N) is 1. The molecule has 1 N–H and O–H groups in total. The van der Waals surface area contributed by atoms with E-state index in [1.807, 2.05) is 5.38 Å². The second-order valence-corrected chi connectivity index (χ2v) is 7.63. The van der Waals surface area contributed by atoms with E-state index >= 15 is 0 Å². The van der Waals surface area contributed by atoms with E-state index in [9.17, 15) is 4.79 Å². The first kappa shape index (κ1) is 14.7. The minimum absolute atomic E-state index is 0.0405. The maximum absolute atomic E-state index is 12.4. The van der Waals surface area contributed by atoms with E-state index < -0.39 is 0 Å². The number of amides is 1. The fraction of sp³-hybridized carbons (Fsp3) is 0.533. The highest BCUT2D eigenvalue weighted by Gasteiger charge is 2.23. The quantitative estimate of drug-likeness (QED) is 0.928. The molecule has 2 aromatic rings. The van der Waals surface area contributed by atoms with Crippen molar-refractivity contribution in [1.29, 1.82) is 0 Å². The molecule has 0 fully saturated rings. The average molecular weight is 321 g/mol. The van der Waals surface area contributed by atoms with Crippen LogP contribution in [0.5, 0.6) is 0 Å². The zero-order valence-electron chi connectivity index (χ0n) is 12.3. The van der Waals surface area contributed by atoms with Gasteiger partial charge in [0, 0.05) is 16.7 Å². The molecule has 3 rings (SSSR count). The van der Waals surface area contributed by atoms with E-state index in [0.29, 0.717) is 5.13 Å². The summed E-state index contributed by atoms with van der Waals surface area (Å²) in [7, 11) is 0. The summed E-state index contributed by atoms with van der Waals surface area (Å²) >= 11 is 3.18. The van der Waals surface area contributed by atoms with Gasteiger partial charge in [-0.2, -0.15) is 0 Å². The van der Waals surface area contributed by atoms with Gasteiger partial charge in [0.05, 0.1) is 5.56 Å². The van der Waals surface area contributed by atoms with Gasteiger partial charge in [-0.3, -0.25) is 10.1 Å². The molecule has 0 unspecified atom stereocenters. The number of anilines is 1. The number of nitrogens with zero attached hydrogens (tertiary/aromatic N) is 2. The molecule has 0 bridgehead atoms. The van der Waals surface area contributed by atoms with Crippen LogP contribution in [0, 0.1) is 5.92 Å². The standard InChI is InChI=1S/C15H19N3OS2/c1-3-4-13-17-18-15(21-13)16-14(19)11-8-20-12-7-9(2)5-6-10(11)12/h8-9H,3-7H2,1-2H3,(H,16,18,19)/t9-/m0/s1. The SMILES string of the molecule is CCCc1nnc(NC(=O)c2csc3c2CC[C@H](C)C3)s1. The van der Waals surface area contributed by atoms with Crippen LogP contribution in [0.1, 0.15) is 52.5 Å². The first-order chi connectivity index (χ1) is 10.2. The zero-order chi connectivity index (χ0) is 14.8. The van der Waals surface area contributed by atoms with Crippen LogP contribution in [0.25, 0.3) is 0 Å². The van der Waals surface area contributed by atoms with Crippen molar-refractivity contribution in [2.45, 2.75) is 46.0 Å². The Morgan fingerprint density at radius 2 is 2.33 bits per heavy atom. The number of thiophene rings is 1. The van der Waals surface area contributed by atoms with E-state index in [1.165, 1.54) is 28.2 Å². The molecule has 1 aliphatic carbocycles. The lowest BCUT2D eigenvalue weighted by molar-refractivity contribution is 0.102. The van der Waals surface area contributed by atoms with Gasteiger partial charge >= 0.3 is 0 Å². The van der Waals surface area contributed by atoms with Crippen LogP contribution >= 0.6 is 22.7 Å². The Morgan fingerprint density at radius 3 is 3.14 bits per heavy atom. The molecule has 0 aliphatic heterocycles. The van der Waals surface area contributed by atoms with Gasteiger partial charge in [0.2, 0.25) is 5.13 Å². The number of fused-ring (bicyclic) bond motifs is 1. The van der Waals surface area contributed by atoms with Gasteiger partial charge in [-0.25, -0.2) is 0 Å². The summed E-state index contributed by atoms with van der Waals surface area (Å²) in [4.78, 5) is 13.8. The third-order valence-corrected chi connectivity index (χ3v) is 5.75. The molecule has 0 aromatic carbocycles. The molecule has 6 heteroatoms.